The number of nitrogens with zero attached hydrogens (tertiary/aromatic N) is 3. The van der Waals surface area contributed by atoms with Gasteiger partial charge >= 0.3 is 0 Å². The molecule has 1 aromatic heterocycles. The number of halogens is 1. The van der Waals surface area contributed by atoms with Gasteiger partial charge in [-0.1, -0.05) is 20.8 Å². The van der Waals surface area contributed by atoms with Crippen molar-refractivity contribution in [2.45, 2.75) is 59.0 Å². The molecule has 6 heteroatoms. The maximum atomic E-state index is 13.3. The number of aryl methyl sites for hydroxylation is 2. The average molecular weight is 434 g/mol. The molecule has 2 aromatic rings. The fourth-order valence-electron chi connectivity index (χ4n) is 4.03. The molecule has 1 atom stereocenters. The molecular weight excluding hydrogens is 406 g/mol. The molecule has 1 aliphatic rings. The first-order chi connectivity index (χ1) is 13.0. The highest BCUT2D eigenvalue weighted by Crippen LogP contribution is 2.36. The van der Waals surface area contributed by atoms with Crippen LogP contribution in [0.4, 0.5) is 0 Å². The molecule has 1 aromatic carbocycles. The van der Waals surface area contributed by atoms with E-state index in [-0.39, 0.29) is 11.9 Å². The molecule has 0 spiro atoms. The van der Waals surface area contributed by atoms with Gasteiger partial charge in [0.2, 0.25) is 0 Å². The van der Waals surface area contributed by atoms with E-state index in [0.29, 0.717) is 11.3 Å². The predicted molar refractivity (Wildman–Crippen MR) is 110 cm³/mol. The Bertz CT molecular complexity index is 831. The van der Waals surface area contributed by atoms with Crippen molar-refractivity contribution >= 4 is 21.8 Å². The Kier molecular flexibility index (Phi) is 6.25. The normalized spacial score (nSPS) is 16.3. The molecule has 1 unspecified atom stereocenters. The Labute approximate surface area is 169 Å². The van der Waals surface area contributed by atoms with Crippen LogP contribution in [0.25, 0.3) is 0 Å². The van der Waals surface area contributed by atoms with E-state index in [4.69, 9.17) is 9.84 Å². The highest BCUT2D eigenvalue weighted by atomic mass is 79.9. The predicted octanol–water partition coefficient (Wildman–Crippen LogP) is 4.78. The minimum absolute atomic E-state index is 0.0561. The lowest BCUT2D eigenvalue weighted by Gasteiger charge is -2.36. The van der Waals surface area contributed by atoms with Gasteiger partial charge < -0.3 is 9.64 Å². The summed E-state index contributed by atoms with van der Waals surface area (Å²) in [5.74, 6) is 0.733. The van der Waals surface area contributed by atoms with Crippen LogP contribution in [0, 0.1) is 0 Å². The summed E-state index contributed by atoms with van der Waals surface area (Å²) in [5.41, 5.74) is 4.44. The van der Waals surface area contributed by atoms with Crippen molar-refractivity contribution < 1.29 is 9.53 Å². The molecule has 0 saturated carbocycles. The van der Waals surface area contributed by atoms with Gasteiger partial charge in [-0.2, -0.15) is 5.10 Å². The standard InChI is InChI=1S/C21H28BrN3O2/c1-5-11-25-20-15(17(6-2)23-25)10-12-24(18(20)7-3)21(26)14-8-9-16(22)19(13-14)27-4/h8-9,13,18H,5-7,10-12H2,1-4H3. The summed E-state index contributed by atoms with van der Waals surface area (Å²) < 4.78 is 8.36. The molecule has 0 aliphatic carbocycles. The first-order valence-electron chi connectivity index (χ1n) is 9.78. The maximum Gasteiger partial charge on any atom is 0.254 e. The topological polar surface area (TPSA) is 47.4 Å². The number of hydrogen-bond donors (Lipinski definition) is 0. The van der Waals surface area contributed by atoms with Crippen molar-refractivity contribution in [2.24, 2.45) is 0 Å². The number of fused-ring (bicyclic) bond motifs is 1. The van der Waals surface area contributed by atoms with E-state index in [1.807, 2.05) is 23.1 Å². The Morgan fingerprint density at radius 3 is 2.74 bits per heavy atom. The highest BCUT2D eigenvalue weighted by molar-refractivity contribution is 9.10. The molecule has 0 bridgehead atoms. The molecule has 2 heterocycles. The van der Waals surface area contributed by atoms with Crippen LogP contribution >= 0.6 is 15.9 Å². The summed E-state index contributed by atoms with van der Waals surface area (Å²) in [5, 5.41) is 4.86. The highest BCUT2D eigenvalue weighted by Gasteiger charge is 2.35. The number of hydrogen-bond acceptors (Lipinski definition) is 3. The average Bonchev–Trinajstić information content (AvgIpc) is 3.05. The Morgan fingerprint density at radius 1 is 1.33 bits per heavy atom. The maximum absolute atomic E-state index is 13.3. The van der Waals surface area contributed by atoms with Crippen LogP contribution in [0.15, 0.2) is 22.7 Å². The Balaban J connectivity index is 1.99. The molecule has 5 nitrogen and oxygen atoms in total. The molecule has 3 rings (SSSR count). The van der Waals surface area contributed by atoms with Crippen LogP contribution in [-0.4, -0.2) is 34.2 Å². The fourth-order valence-corrected chi connectivity index (χ4v) is 4.44. The van der Waals surface area contributed by atoms with Gasteiger partial charge in [-0.25, -0.2) is 0 Å². The van der Waals surface area contributed by atoms with E-state index < -0.39 is 0 Å². The van der Waals surface area contributed by atoms with Crippen LogP contribution in [0.2, 0.25) is 0 Å². The van der Waals surface area contributed by atoms with E-state index in [0.717, 1.165) is 43.2 Å². The minimum Gasteiger partial charge on any atom is -0.496 e. The second-order valence-corrected chi connectivity index (χ2v) is 7.76. The molecule has 0 radical (unpaired) electrons. The summed E-state index contributed by atoms with van der Waals surface area (Å²) in [6.07, 6.45) is 3.72. The van der Waals surface area contributed by atoms with E-state index in [1.165, 1.54) is 17.0 Å². The van der Waals surface area contributed by atoms with Crippen molar-refractivity contribution in [3.05, 3.63) is 45.2 Å². The van der Waals surface area contributed by atoms with Gasteiger partial charge in [0.05, 0.1) is 29.0 Å². The third kappa shape index (κ3) is 3.64. The van der Waals surface area contributed by atoms with E-state index in [1.54, 1.807) is 7.11 Å². The zero-order chi connectivity index (χ0) is 19.6. The lowest BCUT2D eigenvalue weighted by molar-refractivity contribution is 0.0644. The number of carbonyl (C=O) groups excluding carboxylic acids is 1. The minimum atomic E-state index is 0.0561. The van der Waals surface area contributed by atoms with E-state index >= 15 is 0 Å². The van der Waals surface area contributed by atoms with Gasteiger partial charge in [-0.15, -0.1) is 0 Å². The molecule has 0 fully saturated rings. The van der Waals surface area contributed by atoms with Crippen molar-refractivity contribution in [3.63, 3.8) is 0 Å². The number of ether oxygens (including phenoxy) is 1. The van der Waals surface area contributed by atoms with Gasteiger partial charge in [-0.05, 0) is 59.8 Å². The van der Waals surface area contributed by atoms with Gasteiger partial charge in [0.1, 0.15) is 5.75 Å². The summed E-state index contributed by atoms with van der Waals surface area (Å²) in [6.45, 7) is 8.10. The van der Waals surface area contributed by atoms with Crippen LogP contribution in [0.1, 0.15) is 67.0 Å². The molecular formula is C21H28BrN3O2. The monoisotopic (exact) mass is 433 g/mol. The van der Waals surface area contributed by atoms with Crippen LogP contribution < -0.4 is 4.74 Å². The molecule has 0 saturated heterocycles. The van der Waals surface area contributed by atoms with Crippen LogP contribution in [0.3, 0.4) is 0 Å². The van der Waals surface area contributed by atoms with E-state index in [9.17, 15) is 4.79 Å². The van der Waals surface area contributed by atoms with Gasteiger partial charge in [0.25, 0.3) is 5.91 Å². The molecule has 27 heavy (non-hydrogen) atoms. The quantitative estimate of drug-likeness (QED) is 0.658. The van der Waals surface area contributed by atoms with Crippen molar-refractivity contribution in [2.75, 3.05) is 13.7 Å². The van der Waals surface area contributed by atoms with E-state index in [2.05, 4.69) is 41.4 Å². The lowest BCUT2D eigenvalue weighted by atomic mass is 9.94. The Hall–Kier alpha value is -1.82. The molecule has 146 valence electrons. The zero-order valence-corrected chi connectivity index (χ0v) is 18.2. The lowest BCUT2D eigenvalue weighted by Crippen LogP contribution is -2.40. The summed E-state index contributed by atoms with van der Waals surface area (Å²) >= 11 is 3.46. The van der Waals surface area contributed by atoms with Gasteiger partial charge in [0.15, 0.2) is 0 Å². The molecule has 0 N–H and O–H groups in total. The summed E-state index contributed by atoms with van der Waals surface area (Å²) in [6, 6.07) is 5.61. The third-order valence-corrected chi connectivity index (χ3v) is 5.94. The number of benzene rings is 1. The van der Waals surface area contributed by atoms with Gasteiger partial charge in [0, 0.05) is 24.2 Å². The largest absolute Gasteiger partial charge is 0.496 e. The van der Waals surface area contributed by atoms with Crippen molar-refractivity contribution in [3.8, 4) is 5.75 Å². The number of aromatic nitrogens is 2. The zero-order valence-electron chi connectivity index (χ0n) is 16.6. The third-order valence-electron chi connectivity index (χ3n) is 5.29. The fraction of sp³-hybridized carbons (Fsp3) is 0.524. The first kappa shape index (κ1) is 19.9. The number of rotatable bonds is 6. The molecule has 1 aliphatic heterocycles. The summed E-state index contributed by atoms with van der Waals surface area (Å²) in [4.78, 5) is 15.3. The SMILES string of the molecule is CCCn1nc(CC)c2c1C(CC)N(C(=O)c1ccc(Br)c(OC)c1)CC2. The molecule has 1 amide bonds. The second-order valence-electron chi connectivity index (χ2n) is 6.91. The van der Waals surface area contributed by atoms with Crippen LogP contribution in [0.5, 0.6) is 5.75 Å². The van der Waals surface area contributed by atoms with Crippen molar-refractivity contribution in [1.82, 2.24) is 14.7 Å². The Morgan fingerprint density at radius 2 is 2.11 bits per heavy atom. The summed E-state index contributed by atoms with van der Waals surface area (Å²) in [7, 11) is 1.62. The number of amides is 1. The second kappa shape index (κ2) is 8.46. The number of methoxy groups -OCH3 is 1. The van der Waals surface area contributed by atoms with Crippen LogP contribution in [-0.2, 0) is 19.4 Å². The first-order valence-corrected chi connectivity index (χ1v) is 10.6. The van der Waals surface area contributed by atoms with Gasteiger partial charge in [-0.3, -0.25) is 9.48 Å². The smallest absolute Gasteiger partial charge is 0.254 e. The van der Waals surface area contributed by atoms with Crippen molar-refractivity contribution in [1.29, 1.82) is 0 Å². The number of carbonyl (C=O) groups is 1.